The lowest BCUT2D eigenvalue weighted by molar-refractivity contribution is -0.117. The molecule has 2 rings (SSSR count). The van der Waals surface area contributed by atoms with Gasteiger partial charge >= 0.3 is 0 Å². The van der Waals surface area contributed by atoms with Crippen molar-refractivity contribution < 1.29 is 14.3 Å². The summed E-state index contributed by atoms with van der Waals surface area (Å²) in [5.41, 5.74) is 1.17. The second-order valence-corrected chi connectivity index (χ2v) is 6.07. The summed E-state index contributed by atoms with van der Waals surface area (Å²) in [6, 6.07) is 6.99. The Morgan fingerprint density at radius 1 is 1.17 bits per heavy atom. The molecule has 1 aromatic carbocycles. The predicted octanol–water partition coefficient (Wildman–Crippen LogP) is 1.88. The van der Waals surface area contributed by atoms with E-state index in [0.717, 1.165) is 25.9 Å². The summed E-state index contributed by atoms with van der Waals surface area (Å²) in [4.78, 5) is 26.4. The van der Waals surface area contributed by atoms with Gasteiger partial charge in [-0.2, -0.15) is 0 Å². The first-order chi connectivity index (χ1) is 11.7. The zero-order valence-corrected chi connectivity index (χ0v) is 14.3. The van der Waals surface area contributed by atoms with Crippen LogP contribution < -0.4 is 10.6 Å². The standard InChI is InChI=1S/C18H27N3O3/c1-24-12-9-19-18(23)15-7-6-8-16(13-15)20-17(22)14-21-10-4-2-3-5-11-21/h6-8,13H,2-5,9-12,14H2,1H3,(H,19,23)(H,20,22). The van der Waals surface area contributed by atoms with Crippen molar-refractivity contribution in [3.63, 3.8) is 0 Å². The van der Waals surface area contributed by atoms with Crippen LogP contribution in [0.4, 0.5) is 5.69 Å². The van der Waals surface area contributed by atoms with Crippen LogP contribution in [0.2, 0.25) is 0 Å². The number of ether oxygens (including phenoxy) is 1. The Hall–Kier alpha value is -1.92. The molecule has 0 bridgehead atoms. The molecule has 24 heavy (non-hydrogen) atoms. The molecule has 0 atom stereocenters. The number of likely N-dealkylation sites (tertiary alicyclic amines) is 1. The smallest absolute Gasteiger partial charge is 0.251 e. The van der Waals surface area contributed by atoms with Crippen LogP contribution in [0.15, 0.2) is 24.3 Å². The molecule has 2 amide bonds. The number of methoxy groups -OCH3 is 1. The Morgan fingerprint density at radius 3 is 2.62 bits per heavy atom. The van der Waals surface area contributed by atoms with Gasteiger partial charge in [-0.25, -0.2) is 0 Å². The molecule has 0 aliphatic carbocycles. The highest BCUT2D eigenvalue weighted by molar-refractivity contribution is 5.97. The Labute approximate surface area is 143 Å². The largest absolute Gasteiger partial charge is 0.383 e. The first-order valence-electron chi connectivity index (χ1n) is 8.58. The van der Waals surface area contributed by atoms with E-state index in [1.54, 1.807) is 31.4 Å². The van der Waals surface area contributed by atoms with E-state index >= 15 is 0 Å². The minimum absolute atomic E-state index is 0.0335. The molecule has 1 heterocycles. The van der Waals surface area contributed by atoms with E-state index in [4.69, 9.17) is 4.74 Å². The number of anilines is 1. The zero-order valence-electron chi connectivity index (χ0n) is 14.3. The van der Waals surface area contributed by atoms with Gasteiger partial charge in [0, 0.05) is 24.9 Å². The second kappa shape index (κ2) is 10.1. The van der Waals surface area contributed by atoms with Crippen LogP contribution in [-0.4, -0.2) is 56.6 Å². The van der Waals surface area contributed by atoms with Crippen molar-refractivity contribution in [2.24, 2.45) is 0 Å². The highest BCUT2D eigenvalue weighted by Crippen LogP contribution is 2.12. The summed E-state index contributed by atoms with van der Waals surface area (Å²) >= 11 is 0. The minimum Gasteiger partial charge on any atom is -0.383 e. The lowest BCUT2D eigenvalue weighted by atomic mass is 10.2. The van der Waals surface area contributed by atoms with Gasteiger partial charge < -0.3 is 15.4 Å². The summed E-state index contributed by atoms with van der Waals surface area (Å²) in [5.74, 6) is -0.204. The lowest BCUT2D eigenvalue weighted by Crippen LogP contribution is -2.34. The molecule has 0 unspecified atom stereocenters. The van der Waals surface area contributed by atoms with Crippen molar-refractivity contribution in [1.29, 1.82) is 0 Å². The second-order valence-electron chi connectivity index (χ2n) is 6.07. The molecule has 6 heteroatoms. The van der Waals surface area contributed by atoms with E-state index in [1.165, 1.54) is 12.8 Å². The van der Waals surface area contributed by atoms with E-state index in [-0.39, 0.29) is 11.8 Å². The van der Waals surface area contributed by atoms with Gasteiger partial charge in [0.2, 0.25) is 5.91 Å². The summed E-state index contributed by atoms with van der Waals surface area (Å²) in [7, 11) is 1.59. The normalized spacial score (nSPS) is 15.5. The van der Waals surface area contributed by atoms with E-state index in [1.807, 2.05) is 0 Å². The van der Waals surface area contributed by atoms with Crippen LogP contribution in [-0.2, 0) is 9.53 Å². The molecule has 1 aromatic rings. The van der Waals surface area contributed by atoms with Crippen molar-refractivity contribution in [3.8, 4) is 0 Å². The summed E-state index contributed by atoms with van der Waals surface area (Å²) < 4.78 is 4.91. The highest BCUT2D eigenvalue weighted by atomic mass is 16.5. The number of benzene rings is 1. The number of nitrogens with one attached hydrogen (secondary N) is 2. The maximum atomic E-state index is 12.2. The molecule has 2 N–H and O–H groups in total. The number of rotatable bonds is 7. The van der Waals surface area contributed by atoms with Gasteiger partial charge in [-0.3, -0.25) is 14.5 Å². The van der Waals surface area contributed by atoms with Crippen LogP contribution in [0.25, 0.3) is 0 Å². The van der Waals surface area contributed by atoms with Crippen molar-refractivity contribution >= 4 is 17.5 Å². The van der Waals surface area contributed by atoms with Gasteiger partial charge in [0.25, 0.3) is 5.91 Å². The molecule has 0 aromatic heterocycles. The SMILES string of the molecule is COCCNC(=O)c1cccc(NC(=O)CN2CCCCCC2)c1. The number of nitrogens with zero attached hydrogens (tertiary/aromatic N) is 1. The van der Waals surface area contributed by atoms with Crippen LogP contribution >= 0.6 is 0 Å². The summed E-state index contributed by atoms with van der Waals surface area (Å²) in [6.07, 6.45) is 4.81. The van der Waals surface area contributed by atoms with Gasteiger partial charge in [-0.1, -0.05) is 18.9 Å². The van der Waals surface area contributed by atoms with Gasteiger partial charge in [0.1, 0.15) is 0 Å². The van der Waals surface area contributed by atoms with Gasteiger partial charge in [-0.05, 0) is 44.1 Å². The Balaban J connectivity index is 1.86. The maximum absolute atomic E-state index is 12.2. The summed E-state index contributed by atoms with van der Waals surface area (Å²) in [5, 5.41) is 5.66. The monoisotopic (exact) mass is 333 g/mol. The van der Waals surface area contributed by atoms with Crippen LogP contribution in [0.3, 0.4) is 0 Å². The number of amides is 2. The summed E-state index contributed by atoms with van der Waals surface area (Å²) in [6.45, 7) is 3.30. The van der Waals surface area contributed by atoms with E-state index in [9.17, 15) is 9.59 Å². The third-order valence-corrected chi connectivity index (χ3v) is 4.07. The van der Waals surface area contributed by atoms with Crippen molar-refractivity contribution in [2.45, 2.75) is 25.7 Å². The predicted molar refractivity (Wildman–Crippen MR) is 94.2 cm³/mol. The molecular weight excluding hydrogens is 306 g/mol. The third kappa shape index (κ3) is 6.29. The van der Waals surface area contributed by atoms with Gasteiger partial charge in [0.05, 0.1) is 13.2 Å². The van der Waals surface area contributed by atoms with E-state index in [0.29, 0.717) is 30.9 Å². The number of carbonyl (C=O) groups excluding carboxylic acids is 2. The molecule has 1 aliphatic rings. The maximum Gasteiger partial charge on any atom is 0.251 e. The number of hydrogen-bond acceptors (Lipinski definition) is 4. The van der Waals surface area contributed by atoms with Gasteiger partial charge in [0.15, 0.2) is 0 Å². The number of hydrogen-bond donors (Lipinski definition) is 2. The van der Waals surface area contributed by atoms with E-state index in [2.05, 4.69) is 15.5 Å². The van der Waals surface area contributed by atoms with Crippen molar-refractivity contribution in [1.82, 2.24) is 10.2 Å². The van der Waals surface area contributed by atoms with E-state index < -0.39 is 0 Å². The minimum atomic E-state index is -0.171. The molecule has 1 fully saturated rings. The topological polar surface area (TPSA) is 70.7 Å². The van der Waals surface area contributed by atoms with Crippen molar-refractivity contribution in [3.05, 3.63) is 29.8 Å². The van der Waals surface area contributed by atoms with Crippen LogP contribution in [0.5, 0.6) is 0 Å². The van der Waals surface area contributed by atoms with Gasteiger partial charge in [-0.15, -0.1) is 0 Å². The molecule has 1 aliphatic heterocycles. The van der Waals surface area contributed by atoms with Crippen LogP contribution in [0, 0.1) is 0 Å². The Kier molecular flexibility index (Phi) is 7.71. The molecule has 0 saturated carbocycles. The average molecular weight is 333 g/mol. The quantitative estimate of drug-likeness (QED) is 0.748. The highest BCUT2D eigenvalue weighted by Gasteiger charge is 2.13. The average Bonchev–Trinajstić information content (AvgIpc) is 2.83. The van der Waals surface area contributed by atoms with Crippen molar-refractivity contribution in [2.75, 3.05) is 45.2 Å². The molecular formula is C18H27N3O3. The Bertz CT molecular complexity index is 540. The molecule has 6 nitrogen and oxygen atoms in total. The fourth-order valence-electron chi connectivity index (χ4n) is 2.80. The zero-order chi connectivity index (χ0) is 17.2. The first kappa shape index (κ1) is 18.4. The van der Waals surface area contributed by atoms with Crippen LogP contribution in [0.1, 0.15) is 36.0 Å². The Morgan fingerprint density at radius 2 is 1.92 bits per heavy atom. The molecule has 1 saturated heterocycles. The fraction of sp³-hybridized carbons (Fsp3) is 0.556. The molecule has 0 spiro atoms. The lowest BCUT2D eigenvalue weighted by Gasteiger charge is -2.19. The molecule has 132 valence electrons. The number of carbonyl (C=O) groups is 2. The third-order valence-electron chi connectivity index (χ3n) is 4.07. The fourth-order valence-corrected chi connectivity index (χ4v) is 2.80. The molecule has 0 radical (unpaired) electrons. The first-order valence-corrected chi connectivity index (χ1v) is 8.58.